The van der Waals surface area contributed by atoms with Crippen LogP contribution in [0.15, 0.2) is 36.4 Å². The lowest BCUT2D eigenvalue weighted by Crippen LogP contribution is -2.40. The van der Waals surface area contributed by atoms with Crippen LogP contribution in [0, 0.1) is 27.7 Å². The molecule has 0 heterocycles. The Hall–Kier alpha value is -2.05. The summed E-state index contributed by atoms with van der Waals surface area (Å²) < 4.78 is 31.5. The number of aliphatic hydroxyl groups excluding tert-OH is 1. The van der Waals surface area contributed by atoms with Gasteiger partial charge in [0.2, 0.25) is 10.0 Å². The molecule has 1 N–H and O–H groups in total. The van der Waals surface area contributed by atoms with Gasteiger partial charge in [-0.05, 0) is 51.0 Å². The Labute approximate surface area is 156 Å². The van der Waals surface area contributed by atoms with Crippen LogP contribution in [-0.2, 0) is 10.0 Å². The molecule has 0 amide bonds. The highest BCUT2D eigenvalue weighted by atomic mass is 32.2. The smallest absolute Gasteiger partial charge is 0.232 e. The summed E-state index contributed by atoms with van der Waals surface area (Å²) in [5.41, 5.74) is 4.53. The second-order valence-corrected chi connectivity index (χ2v) is 8.73. The van der Waals surface area contributed by atoms with Crippen LogP contribution in [0.1, 0.15) is 22.3 Å². The van der Waals surface area contributed by atoms with Crippen LogP contribution in [0.4, 0.5) is 5.69 Å². The van der Waals surface area contributed by atoms with Gasteiger partial charge in [0.05, 0.1) is 18.5 Å². The molecule has 0 spiro atoms. The van der Waals surface area contributed by atoms with E-state index in [0.717, 1.165) is 28.5 Å². The maximum Gasteiger partial charge on any atom is 0.232 e. The van der Waals surface area contributed by atoms with Crippen molar-refractivity contribution < 1.29 is 18.3 Å². The molecule has 6 heteroatoms. The van der Waals surface area contributed by atoms with E-state index in [4.69, 9.17) is 4.74 Å². The van der Waals surface area contributed by atoms with Crippen LogP contribution in [-0.4, -0.2) is 39.0 Å². The van der Waals surface area contributed by atoms with E-state index < -0.39 is 16.1 Å². The van der Waals surface area contributed by atoms with E-state index in [0.29, 0.717) is 11.4 Å². The van der Waals surface area contributed by atoms with Crippen LogP contribution in [0.2, 0.25) is 0 Å². The molecule has 0 bridgehead atoms. The molecular formula is C20H27NO4S. The molecule has 2 rings (SSSR count). The van der Waals surface area contributed by atoms with Crippen LogP contribution in [0.3, 0.4) is 0 Å². The van der Waals surface area contributed by atoms with Crippen LogP contribution >= 0.6 is 0 Å². The summed E-state index contributed by atoms with van der Waals surface area (Å²) in [7, 11) is -3.54. The first kappa shape index (κ1) is 20.3. The first-order valence-electron chi connectivity index (χ1n) is 8.51. The fourth-order valence-electron chi connectivity index (χ4n) is 3.03. The number of rotatable bonds is 7. The van der Waals surface area contributed by atoms with E-state index in [1.807, 2.05) is 64.1 Å². The number of nitrogens with zero attached hydrogens (tertiary/aromatic N) is 1. The van der Waals surface area contributed by atoms with Gasteiger partial charge in [0.1, 0.15) is 18.5 Å². The number of aliphatic hydroxyl groups is 1. The molecule has 2 aromatic rings. The standard InChI is InChI=1S/C20H27NO4S/c1-14-6-8-19(9-7-14)25-13-18(22)12-21(26(5,23)24)20-16(3)10-15(2)11-17(20)4/h6-11,18,22H,12-13H2,1-5H3. The Morgan fingerprint density at radius 1 is 1.00 bits per heavy atom. The third-order valence-electron chi connectivity index (χ3n) is 4.13. The summed E-state index contributed by atoms with van der Waals surface area (Å²) in [5.74, 6) is 0.642. The van der Waals surface area contributed by atoms with Crippen molar-refractivity contribution in [2.75, 3.05) is 23.7 Å². The summed E-state index contributed by atoms with van der Waals surface area (Å²) in [4.78, 5) is 0. The fourth-order valence-corrected chi connectivity index (χ4v) is 4.09. The Kier molecular flexibility index (Phi) is 6.31. The molecule has 0 radical (unpaired) electrons. The first-order chi connectivity index (χ1) is 12.1. The quantitative estimate of drug-likeness (QED) is 0.805. The number of hydrogen-bond acceptors (Lipinski definition) is 4. The molecule has 5 nitrogen and oxygen atoms in total. The van der Waals surface area contributed by atoms with E-state index in [-0.39, 0.29) is 13.2 Å². The lowest BCUT2D eigenvalue weighted by atomic mass is 10.0. The lowest BCUT2D eigenvalue weighted by Gasteiger charge is -2.28. The van der Waals surface area contributed by atoms with Crippen molar-refractivity contribution in [1.29, 1.82) is 0 Å². The molecule has 0 aliphatic carbocycles. The second kappa shape index (κ2) is 8.10. The number of sulfonamides is 1. The van der Waals surface area contributed by atoms with Crippen LogP contribution in [0.5, 0.6) is 5.75 Å². The predicted molar refractivity (Wildman–Crippen MR) is 106 cm³/mol. The predicted octanol–water partition coefficient (Wildman–Crippen LogP) is 3.13. The van der Waals surface area contributed by atoms with Crippen molar-refractivity contribution in [2.24, 2.45) is 0 Å². The van der Waals surface area contributed by atoms with Gasteiger partial charge in [-0.25, -0.2) is 8.42 Å². The normalized spacial score (nSPS) is 12.7. The van der Waals surface area contributed by atoms with E-state index >= 15 is 0 Å². The summed E-state index contributed by atoms with van der Waals surface area (Å²) in [6.07, 6.45) is 0.199. The minimum Gasteiger partial charge on any atom is -0.491 e. The van der Waals surface area contributed by atoms with Crippen molar-refractivity contribution in [3.63, 3.8) is 0 Å². The molecule has 1 atom stereocenters. The number of benzene rings is 2. The maximum absolute atomic E-state index is 12.3. The molecule has 0 aliphatic rings. The lowest BCUT2D eigenvalue weighted by molar-refractivity contribution is 0.115. The molecule has 142 valence electrons. The number of hydrogen-bond donors (Lipinski definition) is 1. The molecule has 0 aromatic heterocycles. The summed E-state index contributed by atoms with van der Waals surface area (Å²) in [6, 6.07) is 11.4. The maximum atomic E-state index is 12.3. The van der Waals surface area contributed by atoms with Gasteiger partial charge < -0.3 is 9.84 Å². The van der Waals surface area contributed by atoms with E-state index in [2.05, 4.69) is 0 Å². The average Bonchev–Trinajstić information content (AvgIpc) is 2.51. The first-order valence-corrected chi connectivity index (χ1v) is 10.4. The zero-order valence-electron chi connectivity index (χ0n) is 16.0. The number of anilines is 1. The molecule has 26 heavy (non-hydrogen) atoms. The fraction of sp³-hybridized carbons (Fsp3) is 0.400. The molecule has 1 unspecified atom stereocenters. The Morgan fingerprint density at radius 2 is 1.54 bits per heavy atom. The molecule has 0 aliphatic heterocycles. The zero-order chi connectivity index (χ0) is 19.5. The number of ether oxygens (including phenoxy) is 1. The van der Waals surface area contributed by atoms with Crippen molar-refractivity contribution in [3.8, 4) is 5.75 Å². The van der Waals surface area contributed by atoms with E-state index in [1.165, 1.54) is 4.31 Å². The summed E-state index contributed by atoms with van der Waals surface area (Å²) >= 11 is 0. The van der Waals surface area contributed by atoms with Gasteiger partial charge in [-0.2, -0.15) is 0 Å². The Balaban J connectivity index is 2.17. The summed E-state index contributed by atoms with van der Waals surface area (Å²) in [6.45, 7) is 7.66. The molecular weight excluding hydrogens is 350 g/mol. The largest absolute Gasteiger partial charge is 0.491 e. The zero-order valence-corrected chi connectivity index (χ0v) is 16.8. The van der Waals surface area contributed by atoms with Gasteiger partial charge in [0, 0.05) is 0 Å². The van der Waals surface area contributed by atoms with Crippen molar-refractivity contribution in [1.82, 2.24) is 0 Å². The van der Waals surface area contributed by atoms with Gasteiger partial charge in [-0.1, -0.05) is 35.4 Å². The van der Waals surface area contributed by atoms with Gasteiger partial charge >= 0.3 is 0 Å². The van der Waals surface area contributed by atoms with Crippen LogP contribution in [0.25, 0.3) is 0 Å². The summed E-state index contributed by atoms with van der Waals surface area (Å²) in [5, 5.41) is 10.4. The Morgan fingerprint density at radius 3 is 2.04 bits per heavy atom. The molecule has 0 saturated carbocycles. The Bertz CT molecular complexity index is 837. The third-order valence-corrected chi connectivity index (χ3v) is 5.26. The molecule has 0 fully saturated rings. The number of aryl methyl sites for hydroxylation is 4. The van der Waals surface area contributed by atoms with Crippen molar-refractivity contribution in [3.05, 3.63) is 58.7 Å². The van der Waals surface area contributed by atoms with Crippen molar-refractivity contribution >= 4 is 15.7 Å². The van der Waals surface area contributed by atoms with E-state index in [9.17, 15) is 13.5 Å². The highest BCUT2D eigenvalue weighted by Gasteiger charge is 2.24. The minimum atomic E-state index is -3.54. The monoisotopic (exact) mass is 377 g/mol. The topological polar surface area (TPSA) is 66.8 Å². The minimum absolute atomic E-state index is 0.0129. The second-order valence-electron chi connectivity index (χ2n) is 6.82. The average molecular weight is 378 g/mol. The SMILES string of the molecule is Cc1ccc(OCC(O)CN(c2c(C)cc(C)cc2C)S(C)(=O)=O)cc1. The van der Waals surface area contributed by atoms with Crippen molar-refractivity contribution in [2.45, 2.75) is 33.8 Å². The van der Waals surface area contributed by atoms with Crippen LogP contribution < -0.4 is 9.04 Å². The van der Waals surface area contributed by atoms with Gasteiger partial charge in [-0.15, -0.1) is 0 Å². The van der Waals surface area contributed by atoms with Gasteiger partial charge in [0.15, 0.2) is 0 Å². The molecule has 2 aromatic carbocycles. The third kappa shape index (κ3) is 5.22. The van der Waals surface area contributed by atoms with Gasteiger partial charge in [0.25, 0.3) is 0 Å². The highest BCUT2D eigenvalue weighted by Crippen LogP contribution is 2.28. The highest BCUT2D eigenvalue weighted by molar-refractivity contribution is 7.92. The van der Waals surface area contributed by atoms with E-state index in [1.54, 1.807) is 0 Å². The molecule has 0 saturated heterocycles. The van der Waals surface area contributed by atoms with Gasteiger partial charge in [-0.3, -0.25) is 4.31 Å².